The van der Waals surface area contributed by atoms with E-state index in [2.05, 4.69) is 15.6 Å². The van der Waals surface area contributed by atoms with Gasteiger partial charge in [0, 0.05) is 4.88 Å². The topological polar surface area (TPSA) is 138 Å². The van der Waals surface area contributed by atoms with E-state index in [1.165, 1.54) is 11.3 Å². The Morgan fingerprint density at radius 2 is 2.23 bits per heavy atom. The number of thiophene rings is 1. The van der Waals surface area contributed by atoms with Gasteiger partial charge in [0.1, 0.15) is 0 Å². The van der Waals surface area contributed by atoms with Crippen LogP contribution in [0.25, 0.3) is 0 Å². The molecule has 1 atom stereocenters. The quantitative estimate of drug-likeness (QED) is 0.468. The molecule has 0 saturated heterocycles. The first-order chi connectivity index (χ1) is 10.5. The molecule has 11 heteroatoms. The van der Waals surface area contributed by atoms with E-state index in [-0.39, 0.29) is 24.6 Å². The largest absolute Gasteiger partial charge is 0.477 e. The van der Waals surface area contributed by atoms with E-state index in [0.717, 1.165) is 15.8 Å². The Hall–Kier alpha value is -2.24. The Balaban J connectivity index is 1.97. The molecule has 22 heavy (non-hydrogen) atoms. The minimum atomic E-state index is -1.82. The van der Waals surface area contributed by atoms with E-state index in [9.17, 15) is 19.6 Å². The van der Waals surface area contributed by atoms with Crippen LogP contribution < -0.4 is 5.32 Å². The molecule has 0 radical (unpaired) electrons. The standard InChI is InChI=1S/C11H13BN4O5S/c17-10(4-7-2-1-3-22-7)13-9(12(20)21)6-16-5-8(11(18)19)14-15-16/h1-3,5,9,20-21H,4,6H2,(H,13,17)(H,18,19)/t9-/m1/s1. The molecule has 116 valence electrons. The molecule has 0 aliphatic heterocycles. The average Bonchev–Trinajstić information content (AvgIpc) is 3.09. The van der Waals surface area contributed by atoms with Crippen molar-refractivity contribution in [2.45, 2.75) is 18.9 Å². The van der Waals surface area contributed by atoms with Crippen LogP contribution in [-0.2, 0) is 17.8 Å². The van der Waals surface area contributed by atoms with E-state index in [4.69, 9.17) is 5.11 Å². The van der Waals surface area contributed by atoms with Crippen molar-refractivity contribution < 1.29 is 24.7 Å². The molecular formula is C11H13BN4O5S. The highest BCUT2D eigenvalue weighted by atomic mass is 32.1. The number of nitrogens with one attached hydrogen (secondary N) is 1. The van der Waals surface area contributed by atoms with E-state index >= 15 is 0 Å². The van der Waals surface area contributed by atoms with E-state index < -0.39 is 19.0 Å². The summed E-state index contributed by atoms with van der Waals surface area (Å²) in [5, 5.41) is 38.7. The normalized spacial score (nSPS) is 11.9. The predicted molar refractivity (Wildman–Crippen MR) is 77.1 cm³/mol. The van der Waals surface area contributed by atoms with Gasteiger partial charge in [-0.05, 0) is 11.4 Å². The lowest BCUT2D eigenvalue weighted by molar-refractivity contribution is -0.120. The molecule has 0 spiro atoms. The maximum atomic E-state index is 11.9. The summed E-state index contributed by atoms with van der Waals surface area (Å²) < 4.78 is 1.12. The summed E-state index contributed by atoms with van der Waals surface area (Å²) in [4.78, 5) is 23.4. The van der Waals surface area contributed by atoms with Crippen LogP contribution in [0.2, 0.25) is 0 Å². The smallest absolute Gasteiger partial charge is 0.476 e. The van der Waals surface area contributed by atoms with Crippen molar-refractivity contribution in [3.8, 4) is 0 Å². The maximum Gasteiger partial charge on any atom is 0.477 e. The zero-order valence-corrected chi connectivity index (χ0v) is 12.1. The molecule has 0 fully saturated rings. The number of amides is 1. The van der Waals surface area contributed by atoms with Gasteiger partial charge in [0.2, 0.25) is 5.91 Å². The van der Waals surface area contributed by atoms with E-state index in [1.807, 2.05) is 11.4 Å². The van der Waals surface area contributed by atoms with Crippen molar-refractivity contribution in [2.75, 3.05) is 0 Å². The summed E-state index contributed by atoms with van der Waals surface area (Å²) >= 11 is 1.42. The third kappa shape index (κ3) is 4.38. The van der Waals surface area contributed by atoms with Gasteiger partial charge < -0.3 is 20.5 Å². The number of rotatable bonds is 7. The van der Waals surface area contributed by atoms with Crippen LogP contribution in [0.3, 0.4) is 0 Å². The molecule has 0 unspecified atom stereocenters. The number of carbonyl (C=O) groups excluding carboxylic acids is 1. The Bertz CT molecular complexity index is 645. The monoisotopic (exact) mass is 324 g/mol. The molecule has 2 heterocycles. The number of aromatic nitrogens is 3. The third-order valence-corrected chi connectivity index (χ3v) is 3.64. The van der Waals surface area contributed by atoms with Crippen molar-refractivity contribution in [1.29, 1.82) is 0 Å². The van der Waals surface area contributed by atoms with Crippen molar-refractivity contribution in [2.24, 2.45) is 0 Å². The molecule has 2 aromatic heterocycles. The highest BCUT2D eigenvalue weighted by molar-refractivity contribution is 7.10. The van der Waals surface area contributed by atoms with Crippen LogP contribution in [0, 0.1) is 0 Å². The SMILES string of the molecule is O=C(Cc1cccs1)N[C@H](Cn1cc(C(=O)O)nn1)B(O)O. The summed E-state index contributed by atoms with van der Waals surface area (Å²) in [5.74, 6) is -2.65. The first-order valence-electron chi connectivity index (χ1n) is 6.27. The van der Waals surface area contributed by atoms with Crippen LogP contribution in [0.5, 0.6) is 0 Å². The van der Waals surface area contributed by atoms with Crippen molar-refractivity contribution >= 4 is 30.3 Å². The lowest BCUT2D eigenvalue weighted by atomic mass is 9.79. The molecule has 2 aromatic rings. The maximum absolute atomic E-state index is 11.9. The zero-order chi connectivity index (χ0) is 16.1. The Labute approximate surface area is 129 Å². The number of aromatic carboxylic acids is 1. The van der Waals surface area contributed by atoms with Crippen LogP contribution in [-0.4, -0.2) is 55.1 Å². The molecule has 9 nitrogen and oxygen atoms in total. The summed E-state index contributed by atoms with van der Waals surface area (Å²) in [6.07, 6.45) is 1.27. The van der Waals surface area contributed by atoms with E-state index in [0.29, 0.717) is 0 Å². The highest BCUT2D eigenvalue weighted by Crippen LogP contribution is 2.09. The van der Waals surface area contributed by atoms with Crippen molar-refractivity contribution in [3.63, 3.8) is 0 Å². The van der Waals surface area contributed by atoms with E-state index in [1.54, 1.807) is 6.07 Å². The molecule has 0 aromatic carbocycles. The Morgan fingerprint density at radius 1 is 1.45 bits per heavy atom. The molecule has 0 saturated carbocycles. The highest BCUT2D eigenvalue weighted by Gasteiger charge is 2.26. The molecule has 4 N–H and O–H groups in total. The Morgan fingerprint density at radius 3 is 2.77 bits per heavy atom. The average molecular weight is 324 g/mol. The molecule has 2 rings (SSSR count). The van der Waals surface area contributed by atoms with Gasteiger partial charge in [-0.15, -0.1) is 16.4 Å². The Kier molecular flexibility index (Phi) is 5.25. The fraction of sp³-hybridized carbons (Fsp3) is 0.273. The van der Waals surface area contributed by atoms with Gasteiger partial charge in [-0.3, -0.25) is 9.48 Å². The molecule has 1 amide bonds. The molecular weight excluding hydrogens is 311 g/mol. The second-order valence-electron chi connectivity index (χ2n) is 4.47. The number of carboxylic acids is 1. The third-order valence-electron chi connectivity index (χ3n) is 2.76. The lowest BCUT2D eigenvalue weighted by Gasteiger charge is -2.17. The van der Waals surface area contributed by atoms with Gasteiger partial charge in [0.25, 0.3) is 0 Å². The lowest BCUT2D eigenvalue weighted by Crippen LogP contribution is -2.49. The summed E-state index contributed by atoms with van der Waals surface area (Å²) in [5.41, 5.74) is -0.268. The fourth-order valence-corrected chi connectivity index (χ4v) is 2.43. The number of nitrogens with zero attached hydrogens (tertiary/aromatic N) is 3. The van der Waals surface area contributed by atoms with Gasteiger partial charge in [-0.25, -0.2) is 4.79 Å². The van der Waals surface area contributed by atoms with Gasteiger partial charge in [-0.2, -0.15) is 0 Å². The minimum absolute atomic E-state index is 0.117. The number of carbonyl (C=O) groups is 2. The first-order valence-corrected chi connectivity index (χ1v) is 7.15. The van der Waals surface area contributed by atoms with Gasteiger partial charge in [0.15, 0.2) is 5.69 Å². The van der Waals surface area contributed by atoms with Crippen LogP contribution in [0.1, 0.15) is 15.4 Å². The zero-order valence-electron chi connectivity index (χ0n) is 11.3. The molecule has 0 bridgehead atoms. The second kappa shape index (κ2) is 7.16. The van der Waals surface area contributed by atoms with Gasteiger partial charge >= 0.3 is 13.1 Å². The predicted octanol–water partition coefficient (Wildman–Crippen LogP) is -1.22. The summed E-state index contributed by atoms with van der Waals surface area (Å²) in [6.45, 7) is -0.117. The van der Waals surface area contributed by atoms with Gasteiger partial charge in [0.05, 0.1) is 25.1 Å². The molecule has 0 aliphatic rings. The van der Waals surface area contributed by atoms with Gasteiger partial charge in [-0.1, -0.05) is 11.3 Å². The van der Waals surface area contributed by atoms with Crippen LogP contribution in [0.15, 0.2) is 23.7 Å². The number of hydrogen-bond acceptors (Lipinski definition) is 7. The number of carboxylic acid groups (broad SMARTS) is 1. The van der Waals surface area contributed by atoms with Crippen molar-refractivity contribution in [3.05, 3.63) is 34.3 Å². The number of hydrogen-bond donors (Lipinski definition) is 4. The van der Waals surface area contributed by atoms with Crippen LogP contribution >= 0.6 is 11.3 Å². The molecule has 0 aliphatic carbocycles. The minimum Gasteiger partial charge on any atom is -0.476 e. The fourth-order valence-electron chi connectivity index (χ4n) is 1.73. The van der Waals surface area contributed by atoms with Crippen molar-refractivity contribution in [1.82, 2.24) is 20.3 Å². The summed E-state index contributed by atoms with van der Waals surface area (Å²) in [7, 11) is -1.82. The van der Waals surface area contributed by atoms with Crippen LogP contribution in [0.4, 0.5) is 0 Å². The second-order valence-corrected chi connectivity index (χ2v) is 5.51. The first kappa shape index (κ1) is 16.1. The summed E-state index contributed by atoms with van der Waals surface area (Å²) in [6, 6.07) is 3.61.